The first-order valence-electron chi connectivity index (χ1n) is 11.2. The second-order valence-electron chi connectivity index (χ2n) is 9.82. The van der Waals surface area contributed by atoms with Crippen LogP contribution in [0.3, 0.4) is 0 Å². The number of hydrogen-bond acceptors (Lipinski definition) is 3. The number of nitrogens with one attached hydrogen (secondary N) is 1. The minimum Gasteiger partial charge on any atom is -0.364 e. The van der Waals surface area contributed by atoms with Gasteiger partial charge in [0, 0.05) is 23.5 Å². The fourth-order valence-electron chi connectivity index (χ4n) is 4.73. The fourth-order valence-corrected chi connectivity index (χ4v) is 4.73. The second kappa shape index (κ2) is 8.29. The van der Waals surface area contributed by atoms with Crippen molar-refractivity contribution >= 4 is 16.8 Å². The van der Waals surface area contributed by atoms with E-state index in [0.717, 1.165) is 17.7 Å². The number of aromatic amines is 1. The molecule has 3 N–H and O–H groups in total. The van der Waals surface area contributed by atoms with Crippen LogP contribution < -0.4 is 11.2 Å². The van der Waals surface area contributed by atoms with Gasteiger partial charge in [-0.2, -0.15) is 0 Å². The van der Waals surface area contributed by atoms with Crippen molar-refractivity contribution in [1.29, 1.82) is 0 Å². The third-order valence-corrected chi connectivity index (χ3v) is 6.47. The number of primary amides is 1. The molecule has 0 unspecified atom stereocenters. The highest BCUT2D eigenvalue weighted by atomic mass is 16.1. The molecule has 1 aliphatic rings. The van der Waals surface area contributed by atoms with E-state index in [-0.39, 0.29) is 21.9 Å². The third-order valence-electron chi connectivity index (χ3n) is 6.47. The first-order valence-corrected chi connectivity index (χ1v) is 11.2. The molecule has 1 saturated carbocycles. The molecule has 2 heterocycles. The van der Waals surface area contributed by atoms with Crippen LogP contribution in [0.1, 0.15) is 74.5 Å². The van der Waals surface area contributed by atoms with Gasteiger partial charge in [-0.05, 0) is 34.9 Å². The monoisotopic (exact) mass is 417 g/mol. The van der Waals surface area contributed by atoms with Crippen LogP contribution in [0, 0.1) is 5.92 Å². The lowest BCUT2D eigenvalue weighted by molar-refractivity contribution is 0.0997. The standard InChI is InChI=1S/C26H31N3O2/c1-26(2,3)18-9-10-19(17(14-18)13-16-7-5-4-6-8-16)21-15-22(30)23-20(29-21)11-12-28-24(23)25(27)31/h9-12,14-16H,4-8,13H2,1-3H3,(H2,27,31)(H,29,30). The van der Waals surface area contributed by atoms with E-state index >= 15 is 0 Å². The Hall–Kier alpha value is -2.95. The topological polar surface area (TPSA) is 88.8 Å². The fraction of sp³-hybridized carbons (Fsp3) is 0.423. The van der Waals surface area contributed by atoms with Gasteiger partial charge in [0.05, 0.1) is 10.9 Å². The highest BCUT2D eigenvalue weighted by molar-refractivity contribution is 6.03. The predicted octanol–water partition coefficient (Wildman–Crippen LogP) is 5.11. The maximum atomic E-state index is 13.0. The Morgan fingerprint density at radius 1 is 1.13 bits per heavy atom. The van der Waals surface area contributed by atoms with E-state index < -0.39 is 5.91 Å². The molecule has 1 aromatic carbocycles. The van der Waals surface area contributed by atoms with E-state index in [1.807, 2.05) is 0 Å². The molecule has 2 aromatic heterocycles. The maximum Gasteiger partial charge on any atom is 0.268 e. The van der Waals surface area contributed by atoms with Gasteiger partial charge in [0.2, 0.25) is 0 Å². The molecule has 3 aromatic rings. The van der Waals surface area contributed by atoms with Crippen LogP contribution in [-0.4, -0.2) is 15.9 Å². The van der Waals surface area contributed by atoms with Gasteiger partial charge >= 0.3 is 0 Å². The molecule has 0 aliphatic heterocycles. The smallest absolute Gasteiger partial charge is 0.268 e. The summed E-state index contributed by atoms with van der Waals surface area (Å²) < 4.78 is 0. The van der Waals surface area contributed by atoms with Crippen molar-refractivity contribution in [2.75, 3.05) is 0 Å². The van der Waals surface area contributed by atoms with Crippen LogP contribution in [0.2, 0.25) is 0 Å². The zero-order valence-corrected chi connectivity index (χ0v) is 18.6. The molecule has 0 atom stereocenters. The molecule has 0 bridgehead atoms. The van der Waals surface area contributed by atoms with Crippen LogP contribution in [0.4, 0.5) is 0 Å². The molecule has 31 heavy (non-hydrogen) atoms. The number of H-pyrrole nitrogens is 1. The number of nitrogens with zero attached hydrogens (tertiary/aromatic N) is 1. The molecule has 1 amide bonds. The van der Waals surface area contributed by atoms with Gasteiger partial charge in [-0.3, -0.25) is 14.6 Å². The molecule has 5 heteroatoms. The second-order valence-corrected chi connectivity index (χ2v) is 9.82. The summed E-state index contributed by atoms with van der Waals surface area (Å²) in [6.07, 6.45) is 8.99. The van der Waals surface area contributed by atoms with Gasteiger partial charge < -0.3 is 10.7 Å². The number of nitrogens with two attached hydrogens (primary N) is 1. The number of benzene rings is 1. The number of pyridine rings is 2. The molecule has 1 aliphatic carbocycles. The highest BCUT2D eigenvalue weighted by Gasteiger charge is 2.21. The first-order chi connectivity index (χ1) is 14.7. The van der Waals surface area contributed by atoms with Crippen LogP contribution in [0.25, 0.3) is 22.2 Å². The van der Waals surface area contributed by atoms with Gasteiger partial charge in [0.15, 0.2) is 5.43 Å². The van der Waals surface area contributed by atoms with Crippen LogP contribution in [-0.2, 0) is 11.8 Å². The van der Waals surface area contributed by atoms with Crippen molar-refractivity contribution in [3.63, 3.8) is 0 Å². The molecule has 162 valence electrons. The summed E-state index contributed by atoms with van der Waals surface area (Å²) in [6, 6.07) is 9.90. The average molecular weight is 418 g/mol. The Bertz CT molecular complexity index is 1180. The lowest BCUT2D eigenvalue weighted by Crippen LogP contribution is -2.18. The van der Waals surface area contributed by atoms with E-state index in [2.05, 4.69) is 48.9 Å². The Balaban J connectivity index is 1.85. The van der Waals surface area contributed by atoms with E-state index in [4.69, 9.17) is 5.73 Å². The van der Waals surface area contributed by atoms with E-state index in [1.54, 1.807) is 12.1 Å². The van der Waals surface area contributed by atoms with Gasteiger partial charge in [-0.15, -0.1) is 0 Å². The van der Waals surface area contributed by atoms with E-state index in [9.17, 15) is 9.59 Å². The Labute approximate surface area is 183 Å². The number of carbonyl (C=O) groups excluding carboxylic acids is 1. The summed E-state index contributed by atoms with van der Waals surface area (Å²) in [7, 11) is 0. The zero-order chi connectivity index (χ0) is 22.2. The molecule has 4 rings (SSSR count). The lowest BCUT2D eigenvalue weighted by Gasteiger charge is -2.25. The number of aromatic nitrogens is 2. The molecular weight excluding hydrogens is 386 g/mol. The van der Waals surface area contributed by atoms with E-state index in [0.29, 0.717) is 11.4 Å². The minimum absolute atomic E-state index is 0.0100. The van der Waals surface area contributed by atoms with Crippen LogP contribution in [0.5, 0.6) is 0 Å². The van der Waals surface area contributed by atoms with Crippen molar-refractivity contribution in [2.24, 2.45) is 11.7 Å². The van der Waals surface area contributed by atoms with Crippen molar-refractivity contribution in [3.05, 3.63) is 63.6 Å². The summed E-state index contributed by atoms with van der Waals surface area (Å²) in [4.78, 5) is 32.1. The number of carbonyl (C=O) groups is 1. The van der Waals surface area contributed by atoms with Gasteiger partial charge in [-0.25, -0.2) is 0 Å². The van der Waals surface area contributed by atoms with Crippen molar-refractivity contribution in [1.82, 2.24) is 9.97 Å². The van der Waals surface area contributed by atoms with Crippen LogP contribution >= 0.6 is 0 Å². The lowest BCUT2D eigenvalue weighted by atomic mass is 9.80. The highest BCUT2D eigenvalue weighted by Crippen LogP contribution is 2.34. The summed E-state index contributed by atoms with van der Waals surface area (Å²) in [5, 5.41) is 0.249. The van der Waals surface area contributed by atoms with E-state index in [1.165, 1.54) is 49.4 Å². The SMILES string of the molecule is CC(C)(C)c1ccc(-c2cc(=O)c3c(C(N)=O)nccc3[nH]2)c(CC2CCCCC2)c1. The van der Waals surface area contributed by atoms with Gasteiger partial charge in [-0.1, -0.05) is 71.1 Å². The molecular formula is C26H31N3O2. The van der Waals surface area contributed by atoms with Crippen molar-refractivity contribution < 1.29 is 4.79 Å². The average Bonchev–Trinajstić information content (AvgIpc) is 2.73. The third kappa shape index (κ3) is 4.41. The Kier molecular flexibility index (Phi) is 5.69. The maximum absolute atomic E-state index is 13.0. The van der Waals surface area contributed by atoms with Crippen molar-refractivity contribution in [3.8, 4) is 11.3 Å². The summed E-state index contributed by atoms with van der Waals surface area (Å²) in [5.41, 5.74) is 10.2. The predicted molar refractivity (Wildman–Crippen MR) is 125 cm³/mol. The van der Waals surface area contributed by atoms with Gasteiger partial charge in [0.25, 0.3) is 5.91 Å². The van der Waals surface area contributed by atoms with Crippen LogP contribution in [0.15, 0.2) is 41.3 Å². The number of amides is 1. The Morgan fingerprint density at radius 2 is 1.87 bits per heavy atom. The van der Waals surface area contributed by atoms with Crippen molar-refractivity contribution in [2.45, 2.75) is 64.7 Å². The molecule has 0 radical (unpaired) electrons. The number of rotatable bonds is 4. The molecule has 0 spiro atoms. The molecule has 1 fully saturated rings. The normalized spacial score (nSPS) is 15.3. The zero-order valence-electron chi connectivity index (χ0n) is 18.6. The molecule has 0 saturated heterocycles. The Morgan fingerprint density at radius 3 is 2.55 bits per heavy atom. The minimum atomic E-state index is -0.698. The van der Waals surface area contributed by atoms with Gasteiger partial charge in [0.1, 0.15) is 5.69 Å². The largest absolute Gasteiger partial charge is 0.364 e. The first kappa shape index (κ1) is 21.3. The summed E-state index contributed by atoms with van der Waals surface area (Å²) >= 11 is 0. The molecule has 5 nitrogen and oxygen atoms in total. The number of fused-ring (bicyclic) bond motifs is 1. The summed E-state index contributed by atoms with van der Waals surface area (Å²) in [5.74, 6) is -0.0167. The number of hydrogen-bond donors (Lipinski definition) is 2. The summed E-state index contributed by atoms with van der Waals surface area (Å²) in [6.45, 7) is 6.67. The quantitative estimate of drug-likeness (QED) is 0.618.